The zero-order valence-electron chi connectivity index (χ0n) is 16.9. The molecule has 2 fully saturated rings. The van der Waals surface area contributed by atoms with E-state index >= 15 is 0 Å². The van der Waals surface area contributed by atoms with E-state index in [0.29, 0.717) is 5.92 Å². The second-order valence-corrected chi connectivity index (χ2v) is 8.72. The molecule has 0 heterocycles. The molecule has 3 rings (SSSR count). The summed E-state index contributed by atoms with van der Waals surface area (Å²) in [5.41, 5.74) is 0.922. The Morgan fingerprint density at radius 1 is 0.893 bits per heavy atom. The van der Waals surface area contributed by atoms with E-state index in [-0.39, 0.29) is 5.75 Å². The van der Waals surface area contributed by atoms with Gasteiger partial charge < -0.3 is 4.74 Å². The van der Waals surface area contributed by atoms with Crippen LogP contribution in [0.4, 0.5) is 13.2 Å². The average Bonchev–Trinajstić information content (AvgIpc) is 2.68. The lowest BCUT2D eigenvalue weighted by Crippen LogP contribution is -2.25. The van der Waals surface area contributed by atoms with Crippen molar-refractivity contribution in [2.75, 3.05) is 0 Å². The lowest BCUT2D eigenvalue weighted by molar-refractivity contribution is -0.274. The lowest BCUT2D eigenvalue weighted by atomic mass is 9.68. The van der Waals surface area contributed by atoms with Gasteiger partial charge in [0.1, 0.15) is 5.75 Å². The molecular weight excluding hydrogens is 361 g/mol. The Morgan fingerprint density at radius 2 is 1.46 bits per heavy atom. The number of benzene rings is 1. The van der Waals surface area contributed by atoms with Gasteiger partial charge in [-0.2, -0.15) is 0 Å². The van der Waals surface area contributed by atoms with E-state index in [0.717, 1.165) is 23.3 Å². The molecule has 0 aliphatic heterocycles. The third-order valence-electron chi connectivity index (χ3n) is 6.75. The van der Waals surface area contributed by atoms with E-state index in [9.17, 15) is 13.2 Å². The summed E-state index contributed by atoms with van der Waals surface area (Å²) in [5, 5.41) is 0. The minimum Gasteiger partial charge on any atom is -0.406 e. The highest BCUT2D eigenvalue weighted by molar-refractivity contribution is 5.50. The Balaban J connectivity index is 1.42. The van der Waals surface area contributed by atoms with E-state index in [1.165, 1.54) is 76.3 Å². The topological polar surface area (TPSA) is 9.23 Å². The molecule has 2 aliphatic rings. The molecule has 2 saturated carbocycles. The van der Waals surface area contributed by atoms with Crippen LogP contribution in [0.2, 0.25) is 0 Å². The van der Waals surface area contributed by atoms with Crippen molar-refractivity contribution < 1.29 is 17.9 Å². The van der Waals surface area contributed by atoms with Gasteiger partial charge in [0.15, 0.2) is 0 Å². The molecule has 0 saturated heterocycles. The van der Waals surface area contributed by atoms with Crippen molar-refractivity contribution in [3.63, 3.8) is 0 Å². The molecule has 0 N–H and O–H groups in total. The average molecular weight is 395 g/mol. The van der Waals surface area contributed by atoms with Gasteiger partial charge in [-0.15, -0.1) is 13.2 Å². The van der Waals surface area contributed by atoms with Gasteiger partial charge in [0.05, 0.1) is 0 Å². The van der Waals surface area contributed by atoms with Gasteiger partial charge in [-0.1, -0.05) is 56.9 Å². The fourth-order valence-electron chi connectivity index (χ4n) is 5.19. The van der Waals surface area contributed by atoms with Crippen LogP contribution in [0.25, 0.3) is 6.08 Å². The normalized spacial score (nSPS) is 29.1. The quantitative estimate of drug-likeness (QED) is 0.475. The Kier molecular flexibility index (Phi) is 7.48. The predicted molar refractivity (Wildman–Crippen MR) is 108 cm³/mol. The molecule has 156 valence electrons. The first kappa shape index (κ1) is 21.3. The predicted octanol–water partition coefficient (Wildman–Crippen LogP) is 8.01. The number of hydrogen-bond acceptors (Lipinski definition) is 1. The van der Waals surface area contributed by atoms with Crippen LogP contribution in [0.3, 0.4) is 0 Å². The molecule has 0 radical (unpaired) electrons. The number of hydrogen-bond donors (Lipinski definition) is 0. The highest BCUT2D eigenvalue weighted by Gasteiger charge is 2.31. The fraction of sp³-hybridized carbons (Fsp3) is 0.667. The van der Waals surface area contributed by atoms with Crippen LogP contribution in [0, 0.1) is 23.7 Å². The van der Waals surface area contributed by atoms with Crippen LogP contribution < -0.4 is 4.74 Å². The molecule has 4 heteroatoms. The Bertz CT molecular complexity index is 604. The smallest absolute Gasteiger partial charge is 0.406 e. The minimum atomic E-state index is -4.63. The number of alkyl halides is 3. The summed E-state index contributed by atoms with van der Waals surface area (Å²) in [6, 6.07) is 6.10. The van der Waals surface area contributed by atoms with Gasteiger partial charge >= 0.3 is 6.36 Å². The zero-order valence-corrected chi connectivity index (χ0v) is 16.9. The highest BCUT2D eigenvalue weighted by Crippen LogP contribution is 2.42. The molecule has 1 aromatic carbocycles. The maximum Gasteiger partial charge on any atom is 0.573 e. The molecular formula is C24H33F3O. The molecule has 0 atom stereocenters. The molecule has 0 amide bonds. The van der Waals surface area contributed by atoms with Gasteiger partial charge in [-0.05, 0) is 79.9 Å². The first-order valence-corrected chi connectivity index (χ1v) is 11.0. The minimum absolute atomic E-state index is 0.168. The van der Waals surface area contributed by atoms with Crippen LogP contribution in [0.15, 0.2) is 30.3 Å². The molecule has 0 unspecified atom stereocenters. The number of rotatable bonds is 6. The summed E-state index contributed by atoms with van der Waals surface area (Å²) in [6.45, 7) is 2.30. The fourth-order valence-corrected chi connectivity index (χ4v) is 5.19. The second kappa shape index (κ2) is 9.84. The van der Waals surface area contributed by atoms with Gasteiger partial charge in [0.25, 0.3) is 0 Å². The van der Waals surface area contributed by atoms with Gasteiger partial charge in [0, 0.05) is 0 Å². The number of ether oxygens (including phenoxy) is 1. The molecule has 2 aliphatic carbocycles. The maximum atomic E-state index is 12.2. The van der Waals surface area contributed by atoms with E-state index in [4.69, 9.17) is 0 Å². The van der Waals surface area contributed by atoms with E-state index in [1.54, 1.807) is 12.1 Å². The summed E-state index contributed by atoms with van der Waals surface area (Å²) in [6.07, 6.45) is 13.3. The second-order valence-electron chi connectivity index (χ2n) is 8.72. The Labute approximate surface area is 167 Å². The van der Waals surface area contributed by atoms with Crippen molar-refractivity contribution in [2.45, 2.75) is 77.5 Å². The van der Waals surface area contributed by atoms with Crippen molar-refractivity contribution >= 4 is 6.08 Å². The summed E-state index contributed by atoms with van der Waals surface area (Å²) in [7, 11) is 0. The van der Waals surface area contributed by atoms with E-state index < -0.39 is 6.36 Å². The van der Waals surface area contributed by atoms with E-state index in [2.05, 4.69) is 17.7 Å². The molecule has 28 heavy (non-hydrogen) atoms. The van der Waals surface area contributed by atoms with Crippen molar-refractivity contribution in [2.24, 2.45) is 23.7 Å². The lowest BCUT2D eigenvalue weighted by Gasteiger charge is -2.37. The maximum absolute atomic E-state index is 12.2. The monoisotopic (exact) mass is 394 g/mol. The third-order valence-corrected chi connectivity index (χ3v) is 6.75. The van der Waals surface area contributed by atoms with Crippen LogP contribution in [-0.2, 0) is 0 Å². The summed E-state index contributed by atoms with van der Waals surface area (Å²) in [4.78, 5) is 0. The summed E-state index contributed by atoms with van der Waals surface area (Å²) >= 11 is 0. The number of allylic oxidation sites excluding steroid dienone is 1. The van der Waals surface area contributed by atoms with Crippen LogP contribution in [-0.4, -0.2) is 6.36 Å². The molecule has 0 aromatic heterocycles. The Morgan fingerprint density at radius 3 is 2.00 bits per heavy atom. The van der Waals surface area contributed by atoms with Gasteiger partial charge in [-0.25, -0.2) is 0 Å². The summed E-state index contributed by atoms with van der Waals surface area (Å²) < 4.78 is 40.6. The molecule has 1 nitrogen and oxygen atoms in total. The SMILES string of the molecule is CCC[C@H]1CC[C@H](C2CCC(C=Cc3ccc(OC(F)(F)F)cc3)CC2)CC1. The first-order valence-electron chi connectivity index (χ1n) is 11.0. The van der Waals surface area contributed by atoms with Gasteiger partial charge in [-0.3, -0.25) is 0 Å². The van der Waals surface area contributed by atoms with Crippen molar-refractivity contribution in [3.05, 3.63) is 35.9 Å². The van der Waals surface area contributed by atoms with Crippen LogP contribution in [0.1, 0.15) is 76.7 Å². The van der Waals surface area contributed by atoms with E-state index in [1.807, 2.05) is 6.08 Å². The molecule has 0 spiro atoms. The van der Waals surface area contributed by atoms with Crippen molar-refractivity contribution in [1.82, 2.24) is 0 Å². The van der Waals surface area contributed by atoms with Crippen molar-refractivity contribution in [3.8, 4) is 5.75 Å². The first-order chi connectivity index (χ1) is 13.4. The standard InChI is InChI=1S/C24H33F3O/c1-2-3-18-6-12-21(13-7-18)22-14-8-19(9-15-22)4-5-20-10-16-23(17-11-20)28-24(25,26)27/h4-5,10-11,16-19,21-22H,2-3,6-9,12-15H2,1H3/t18-,19?,21-,22?. The Hall–Kier alpha value is -1.45. The van der Waals surface area contributed by atoms with Crippen LogP contribution >= 0.6 is 0 Å². The van der Waals surface area contributed by atoms with Crippen molar-refractivity contribution in [1.29, 1.82) is 0 Å². The van der Waals surface area contributed by atoms with Gasteiger partial charge in [0.2, 0.25) is 0 Å². The van der Waals surface area contributed by atoms with Crippen LogP contribution in [0.5, 0.6) is 5.75 Å². The highest BCUT2D eigenvalue weighted by atomic mass is 19.4. The molecule has 1 aromatic rings. The zero-order chi connectivity index (χ0) is 20.0. The third kappa shape index (κ3) is 6.56. The number of halogens is 3. The summed E-state index contributed by atoms with van der Waals surface area (Å²) in [5.74, 6) is 3.26. The molecule has 0 bridgehead atoms. The largest absolute Gasteiger partial charge is 0.573 e.